The Morgan fingerprint density at radius 3 is 2.68 bits per heavy atom. The summed E-state index contributed by atoms with van der Waals surface area (Å²) in [5.74, 6) is 0.944. The molecule has 0 saturated heterocycles. The standard InChI is InChI=1S/C16H26ClNO/c1-4-7-15(18-5-2)9-6-8-13-12-14(17)10-11-16(13)19-3/h10-12,15,18H,4-9H2,1-3H3. The molecule has 0 amide bonds. The summed E-state index contributed by atoms with van der Waals surface area (Å²) in [4.78, 5) is 0. The van der Waals surface area contributed by atoms with E-state index in [0.717, 1.165) is 30.2 Å². The third-order valence-electron chi connectivity index (χ3n) is 3.37. The number of aryl methyl sites for hydroxylation is 1. The maximum atomic E-state index is 6.05. The molecule has 1 atom stereocenters. The van der Waals surface area contributed by atoms with Crippen molar-refractivity contribution in [2.75, 3.05) is 13.7 Å². The van der Waals surface area contributed by atoms with E-state index in [4.69, 9.17) is 16.3 Å². The molecular formula is C16H26ClNO. The van der Waals surface area contributed by atoms with Crippen LogP contribution in [0, 0.1) is 0 Å². The smallest absolute Gasteiger partial charge is 0.122 e. The van der Waals surface area contributed by atoms with Gasteiger partial charge in [0.05, 0.1) is 7.11 Å². The predicted octanol–water partition coefficient (Wildman–Crippen LogP) is 4.45. The van der Waals surface area contributed by atoms with Crippen LogP contribution in [0.25, 0.3) is 0 Å². The van der Waals surface area contributed by atoms with Crippen molar-refractivity contribution in [1.82, 2.24) is 5.32 Å². The van der Waals surface area contributed by atoms with Crippen molar-refractivity contribution in [1.29, 1.82) is 0 Å². The van der Waals surface area contributed by atoms with Crippen LogP contribution >= 0.6 is 11.6 Å². The number of benzene rings is 1. The second kappa shape index (κ2) is 9.22. The minimum Gasteiger partial charge on any atom is -0.496 e. The lowest BCUT2D eigenvalue weighted by Crippen LogP contribution is -2.28. The minimum absolute atomic E-state index is 0.639. The Bertz CT molecular complexity index is 362. The van der Waals surface area contributed by atoms with E-state index in [1.807, 2.05) is 18.2 Å². The molecule has 1 aromatic carbocycles. The molecule has 0 saturated carbocycles. The average molecular weight is 284 g/mol. The molecular weight excluding hydrogens is 258 g/mol. The molecule has 0 aliphatic rings. The Labute approximate surface area is 122 Å². The van der Waals surface area contributed by atoms with Crippen molar-refractivity contribution in [2.45, 2.75) is 52.0 Å². The van der Waals surface area contributed by atoms with Gasteiger partial charge < -0.3 is 10.1 Å². The number of halogens is 1. The summed E-state index contributed by atoms with van der Waals surface area (Å²) in [5, 5.41) is 4.34. The van der Waals surface area contributed by atoms with Gasteiger partial charge in [-0.15, -0.1) is 0 Å². The van der Waals surface area contributed by atoms with E-state index in [-0.39, 0.29) is 0 Å². The van der Waals surface area contributed by atoms with Crippen LogP contribution in [0.3, 0.4) is 0 Å². The van der Waals surface area contributed by atoms with Crippen LogP contribution in [0.4, 0.5) is 0 Å². The molecule has 19 heavy (non-hydrogen) atoms. The molecule has 0 radical (unpaired) electrons. The highest BCUT2D eigenvalue weighted by molar-refractivity contribution is 6.30. The lowest BCUT2D eigenvalue weighted by atomic mass is 10.0. The highest BCUT2D eigenvalue weighted by Gasteiger charge is 2.08. The molecule has 1 rings (SSSR count). The number of rotatable bonds is 9. The summed E-state index contributed by atoms with van der Waals surface area (Å²) in [6.45, 7) is 5.46. The van der Waals surface area contributed by atoms with Gasteiger partial charge in [-0.2, -0.15) is 0 Å². The molecule has 108 valence electrons. The van der Waals surface area contributed by atoms with E-state index in [9.17, 15) is 0 Å². The molecule has 0 aromatic heterocycles. The first kappa shape index (κ1) is 16.3. The Kier molecular flexibility index (Phi) is 7.92. The summed E-state index contributed by atoms with van der Waals surface area (Å²) in [7, 11) is 1.71. The molecule has 1 unspecified atom stereocenters. The average Bonchev–Trinajstić information content (AvgIpc) is 2.39. The molecule has 1 N–H and O–H groups in total. The van der Waals surface area contributed by atoms with E-state index in [0.29, 0.717) is 6.04 Å². The highest BCUT2D eigenvalue weighted by Crippen LogP contribution is 2.24. The highest BCUT2D eigenvalue weighted by atomic mass is 35.5. The summed E-state index contributed by atoms with van der Waals surface area (Å²) in [5.41, 5.74) is 1.21. The molecule has 1 aromatic rings. The van der Waals surface area contributed by atoms with E-state index < -0.39 is 0 Å². The lowest BCUT2D eigenvalue weighted by Gasteiger charge is -2.17. The van der Waals surface area contributed by atoms with Crippen molar-refractivity contribution in [3.63, 3.8) is 0 Å². The number of methoxy groups -OCH3 is 1. The monoisotopic (exact) mass is 283 g/mol. The summed E-state index contributed by atoms with van der Waals surface area (Å²) in [6, 6.07) is 6.48. The Balaban J connectivity index is 2.49. The lowest BCUT2D eigenvalue weighted by molar-refractivity contribution is 0.406. The summed E-state index contributed by atoms with van der Waals surface area (Å²) < 4.78 is 5.38. The van der Waals surface area contributed by atoms with Gasteiger partial charge in [-0.1, -0.05) is 31.9 Å². The zero-order chi connectivity index (χ0) is 14.1. The Hall–Kier alpha value is -0.730. The zero-order valence-corrected chi connectivity index (χ0v) is 13.1. The first-order valence-electron chi connectivity index (χ1n) is 7.27. The number of hydrogen-bond acceptors (Lipinski definition) is 2. The number of nitrogens with one attached hydrogen (secondary N) is 1. The zero-order valence-electron chi connectivity index (χ0n) is 12.3. The fourth-order valence-corrected chi connectivity index (χ4v) is 2.66. The first-order valence-corrected chi connectivity index (χ1v) is 7.64. The SMILES string of the molecule is CCCC(CCCc1cc(Cl)ccc1OC)NCC. The first-order chi connectivity index (χ1) is 9.21. The Morgan fingerprint density at radius 1 is 1.26 bits per heavy atom. The van der Waals surface area contributed by atoms with Gasteiger partial charge >= 0.3 is 0 Å². The van der Waals surface area contributed by atoms with Crippen LogP contribution in [-0.4, -0.2) is 19.7 Å². The second-order valence-corrected chi connectivity index (χ2v) is 5.33. The molecule has 0 spiro atoms. The topological polar surface area (TPSA) is 21.3 Å². The van der Waals surface area contributed by atoms with Crippen LogP contribution in [0.15, 0.2) is 18.2 Å². The van der Waals surface area contributed by atoms with Gasteiger partial charge in [0.15, 0.2) is 0 Å². The van der Waals surface area contributed by atoms with Crippen LogP contribution in [0.5, 0.6) is 5.75 Å². The van der Waals surface area contributed by atoms with Gasteiger partial charge in [0.25, 0.3) is 0 Å². The quantitative estimate of drug-likeness (QED) is 0.723. The van der Waals surface area contributed by atoms with Crippen molar-refractivity contribution in [2.24, 2.45) is 0 Å². The van der Waals surface area contributed by atoms with Crippen LogP contribution in [-0.2, 0) is 6.42 Å². The van der Waals surface area contributed by atoms with Crippen LogP contribution in [0.2, 0.25) is 5.02 Å². The number of hydrogen-bond donors (Lipinski definition) is 1. The largest absolute Gasteiger partial charge is 0.496 e. The third kappa shape index (κ3) is 5.84. The second-order valence-electron chi connectivity index (χ2n) is 4.89. The van der Waals surface area contributed by atoms with Gasteiger partial charge in [-0.3, -0.25) is 0 Å². The van der Waals surface area contributed by atoms with Gasteiger partial charge in [-0.05, 0) is 56.0 Å². The molecule has 3 heteroatoms. The van der Waals surface area contributed by atoms with E-state index >= 15 is 0 Å². The molecule has 0 aliphatic carbocycles. The normalized spacial score (nSPS) is 12.4. The molecule has 0 heterocycles. The van der Waals surface area contributed by atoms with Gasteiger partial charge in [0.2, 0.25) is 0 Å². The van der Waals surface area contributed by atoms with Crippen LogP contribution in [0.1, 0.15) is 45.1 Å². The predicted molar refractivity (Wildman–Crippen MR) is 83.3 cm³/mol. The van der Waals surface area contributed by atoms with Gasteiger partial charge in [-0.25, -0.2) is 0 Å². The van der Waals surface area contributed by atoms with E-state index in [1.54, 1.807) is 7.11 Å². The third-order valence-corrected chi connectivity index (χ3v) is 3.61. The van der Waals surface area contributed by atoms with Gasteiger partial charge in [0.1, 0.15) is 5.75 Å². The van der Waals surface area contributed by atoms with Crippen molar-refractivity contribution in [3.05, 3.63) is 28.8 Å². The molecule has 0 fully saturated rings. The molecule has 0 aliphatic heterocycles. The van der Waals surface area contributed by atoms with E-state index in [1.165, 1.54) is 24.8 Å². The maximum Gasteiger partial charge on any atom is 0.122 e. The maximum absolute atomic E-state index is 6.05. The Morgan fingerprint density at radius 2 is 2.05 bits per heavy atom. The van der Waals surface area contributed by atoms with Crippen molar-refractivity contribution in [3.8, 4) is 5.75 Å². The fraction of sp³-hybridized carbons (Fsp3) is 0.625. The number of ether oxygens (including phenoxy) is 1. The summed E-state index contributed by atoms with van der Waals surface area (Å²) in [6.07, 6.45) is 5.87. The molecule has 2 nitrogen and oxygen atoms in total. The van der Waals surface area contributed by atoms with E-state index in [2.05, 4.69) is 19.2 Å². The van der Waals surface area contributed by atoms with Crippen molar-refractivity contribution >= 4 is 11.6 Å². The van der Waals surface area contributed by atoms with Crippen molar-refractivity contribution < 1.29 is 4.74 Å². The van der Waals surface area contributed by atoms with Crippen LogP contribution < -0.4 is 10.1 Å². The minimum atomic E-state index is 0.639. The summed E-state index contributed by atoms with van der Waals surface area (Å²) >= 11 is 6.05. The molecule has 0 bridgehead atoms. The van der Waals surface area contributed by atoms with Gasteiger partial charge in [0, 0.05) is 11.1 Å². The fourth-order valence-electron chi connectivity index (χ4n) is 2.47.